The van der Waals surface area contributed by atoms with Crippen molar-refractivity contribution >= 4 is 34.1 Å². The molecule has 0 unspecified atom stereocenters. The van der Waals surface area contributed by atoms with Crippen molar-refractivity contribution in [3.05, 3.63) is 44.0 Å². The maximum Gasteiger partial charge on any atom is 0.359 e. The van der Waals surface area contributed by atoms with Gasteiger partial charge in [0.05, 0.1) is 22.1 Å². The lowest BCUT2D eigenvalue weighted by molar-refractivity contribution is 0.0491. The van der Waals surface area contributed by atoms with E-state index in [9.17, 15) is 9.59 Å². The van der Waals surface area contributed by atoms with Crippen molar-refractivity contribution in [2.24, 2.45) is 0 Å². The van der Waals surface area contributed by atoms with Gasteiger partial charge in [-0.25, -0.2) is 9.31 Å². The first kappa shape index (κ1) is 18.8. The van der Waals surface area contributed by atoms with Gasteiger partial charge in [-0.15, -0.1) is 0 Å². The summed E-state index contributed by atoms with van der Waals surface area (Å²) in [6, 6.07) is 5.44. The Kier molecular flexibility index (Phi) is 5.25. The number of halogens is 1. The highest BCUT2D eigenvalue weighted by Crippen LogP contribution is 2.33. The van der Waals surface area contributed by atoms with E-state index < -0.39 is 5.97 Å². The molecule has 0 aliphatic carbocycles. The molecule has 0 spiro atoms. The molecule has 1 aliphatic heterocycles. The minimum absolute atomic E-state index is 0.140. The molecule has 9 heteroatoms. The number of rotatable bonds is 5. The van der Waals surface area contributed by atoms with Crippen molar-refractivity contribution in [2.75, 3.05) is 19.8 Å². The molecule has 1 aliphatic rings. The molecular weight excluding hydrogens is 477 g/mol. The maximum atomic E-state index is 12.6. The van der Waals surface area contributed by atoms with Gasteiger partial charge in [-0.1, -0.05) is 13.3 Å². The Bertz CT molecular complexity index is 1100. The van der Waals surface area contributed by atoms with Crippen molar-refractivity contribution in [1.29, 1.82) is 0 Å². The standard InChI is InChI=1S/C19H18IN3O5/c1-2-3-6-28-19(25)16-15(20)17-18(24)21-12(10-23(17)22-16)11-4-5-13-14(9-11)27-8-7-26-13/h4-5,9-10H,2-3,6-8H2,1H3,(H,21,24). The van der Waals surface area contributed by atoms with Gasteiger partial charge < -0.3 is 19.2 Å². The Labute approximate surface area is 173 Å². The first-order valence-corrected chi connectivity index (χ1v) is 10.0. The fourth-order valence-corrected chi connectivity index (χ4v) is 3.73. The number of aromatic nitrogens is 3. The Hall–Kier alpha value is -2.56. The number of carbonyl (C=O) groups excluding carboxylic acids is 1. The second kappa shape index (κ2) is 7.82. The van der Waals surface area contributed by atoms with E-state index in [1.807, 2.05) is 35.6 Å². The van der Waals surface area contributed by atoms with Crippen LogP contribution in [0.1, 0.15) is 30.3 Å². The lowest BCUT2D eigenvalue weighted by Crippen LogP contribution is -2.15. The van der Waals surface area contributed by atoms with Crippen LogP contribution in [0.4, 0.5) is 0 Å². The first-order valence-electron chi connectivity index (χ1n) is 8.96. The van der Waals surface area contributed by atoms with Crippen molar-refractivity contribution in [2.45, 2.75) is 19.8 Å². The molecular formula is C19H18IN3O5. The van der Waals surface area contributed by atoms with Crippen LogP contribution < -0.4 is 15.0 Å². The zero-order valence-corrected chi connectivity index (χ0v) is 17.3. The normalized spacial score (nSPS) is 12.9. The zero-order valence-electron chi connectivity index (χ0n) is 15.2. The lowest BCUT2D eigenvalue weighted by atomic mass is 10.1. The number of carbonyl (C=O) groups is 1. The minimum atomic E-state index is -0.526. The molecule has 1 aromatic carbocycles. The van der Waals surface area contributed by atoms with Crippen LogP contribution in [-0.4, -0.2) is 40.4 Å². The predicted molar refractivity (Wildman–Crippen MR) is 110 cm³/mol. The number of fused-ring (bicyclic) bond motifs is 2. The average Bonchev–Trinajstić information content (AvgIpc) is 3.04. The van der Waals surface area contributed by atoms with Gasteiger partial charge in [-0.2, -0.15) is 5.10 Å². The molecule has 3 heterocycles. The highest BCUT2D eigenvalue weighted by molar-refractivity contribution is 14.1. The quantitative estimate of drug-likeness (QED) is 0.332. The van der Waals surface area contributed by atoms with E-state index in [4.69, 9.17) is 14.2 Å². The van der Waals surface area contributed by atoms with Crippen LogP contribution in [0, 0.1) is 3.57 Å². The molecule has 1 N–H and O–H groups in total. The summed E-state index contributed by atoms with van der Waals surface area (Å²) in [5, 5.41) is 4.28. The topological polar surface area (TPSA) is 94.9 Å². The smallest absolute Gasteiger partial charge is 0.359 e. The fourth-order valence-electron chi connectivity index (χ4n) is 2.91. The summed E-state index contributed by atoms with van der Waals surface area (Å²) in [7, 11) is 0. The number of nitrogens with zero attached hydrogens (tertiary/aromatic N) is 2. The van der Waals surface area contributed by atoms with Gasteiger partial charge in [0.2, 0.25) is 0 Å². The molecule has 8 nitrogen and oxygen atoms in total. The zero-order chi connectivity index (χ0) is 19.7. The number of nitrogens with one attached hydrogen (secondary N) is 1. The Morgan fingerprint density at radius 2 is 2.11 bits per heavy atom. The molecule has 0 bridgehead atoms. The minimum Gasteiger partial charge on any atom is -0.486 e. The summed E-state index contributed by atoms with van der Waals surface area (Å²) in [6.07, 6.45) is 3.38. The Morgan fingerprint density at radius 3 is 2.89 bits per heavy atom. The molecule has 2 aromatic heterocycles. The largest absolute Gasteiger partial charge is 0.486 e. The summed E-state index contributed by atoms with van der Waals surface area (Å²) in [5.74, 6) is 0.769. The number of hydrogen-bond donors (Lipinski definition) is 1. The lowest BCUT2D eigenvalue weighted by Gasteiger charge is -2.18. The summed E-state index contributed by atoms with van der Waals surface area (Å²) in [6.45, 7) is 3.34. The highest BCUT2D eigenvalue weighted by Gasteiger charge is 2.22. The number of hydrogen-bond acceptors (Lipinski definition) is 6. The van der Waals surface area contributed by atoms with Gasteiger partial charge in [0.25, 0.3) is 5.56 Å². The van der Waals surface area contributed by atoms with Crippen molar-refractivity contribution in [1.82, 2.24) is 14.6 Å². The van der Waals surface area contributed by atoms with E-state index >= 15 is 0 Å². The van der Waals surface area contributed by atoms with Crippen LogP contribution in [0.5, 0.6) is 11.5 Å². The molecule has 0 radical (unpaired) electrons. The van der Waals surface area contributed by atoms with Crippen molar-refractivity contribution in [3.63, 3.8) is 0 Å². The second-order valence-corrected chi connectivity index (χ2v) is 7.38. The summed E-state index contributed by atoms with van der Waals surface area (Å²) in [4.78, 5) is 27.8. The van der Waals surface area contributed by atoms with Crippen LogP contribution in [0.25, 0.3) is 16.8 Å². The van der Waals surface area contributed by atoms with Gasteiger partial charge in [0, 0.05) is 5.56 Å². The van der Waals surface area contributed by atoms with E-state index in [2.05, 4.69) is 10.1 Å². The Balaban J connectivity index is 1.72. The molecule has 146 valence electrons. The van der Waals surface area contributed by atoms with Gasteiger partial charge >= 0.3 is 5.97 Å². The number of esters is 1. The number of aromatic amines is 1. The third-order valence-corrected chi connectivity index (χ3v) is 5.37. The number of ether oxygens (including phenoxy) is 3. The molecule has 0 fully saturated rings. The van der Waals surface area contributed by atoms with Crippen LogP contribution in [0.15, 0.2) is 29.2 Å². The summed E-state index contributed by atoms with van der Waals surface area (Å²) in [5.41, 5.74) is 1.42. The highest BCUT2D eigenvalue weighted by atomic mass is 127. The van der Waals surface area contributed by atoms with E-state index in [0.717, 1.165) is 18.4 Å². The van der Waals surface area contributed by atoms with Gasteiger partial charge in [0.1, 0.15) is 18.7 Å². The molecule has 4 rings (SSSR count). The van der Waals surface area contributed by atoms with Crippen molar-refractivity contribution < 1.29 is 19.0 Å². The van der Waals surface area contributed by atoms with E-state index in [1.54, 1.807) is 18.3 Å². The van der Waals surface area contributed by atoms with Crippen LogP contribution in [-0.2, 0) is 4.74 Å². The first-order chi connectivity index (χ1) is 13.6. The summed E-state index contributed by atoms with van der Waals surface area (Å²) < 4.78 is 18.3. The SMILES string of the molecule is CCCCOC(=O)c1nn2cc(-c3ccc4c(c3)OCCO4)[nH]c(=O)c2c1I. The average molecular weight is 495 g/mol. The maximum absolute atomic E-state index is 12.6. The van der Waals surface area contributed by atoms with Gasteiger partial charge in [-0.05, 0) is 47.2 Å². The molecule has 0 amide bonds. The van der Waals surface area contributed by atoms with Crippen LogP contribution in [0.3, 0.4) is 0 Å². The van der Waals surface area contributed by atoms with E-state index in [1.165, 1.54) is 4.52 Å². The monoisotopic (exact) mass is 495 g/mol. The van der Waals surface area contributed by atoms with Crippen LogP contribution in [0.2, 0.25) is 0 Å². The third-order valence-electron chi connectivity index (χ3n) is 4.34. The second-order valence-electron chi connectivity index (χ2n) is 6.30. The summed E-state index contributed by atoms with van der Waals surface area (Å²) >= 11 is 1.95. The Morgan fingerprint density at radius 1 is 1.32 bits per heavy atom. The van der Waals surface area contributed by atoms with E-state index in [0.29, 0.717) is 46.1 Å². The molecule has 3 aromatic rings. The van der Waals surface area contributed by atoms with Crippen molar-refractivity contribution in [3.8, 4) is 22.8 Å². The predicted octanol–water partition coefficient (Wildman–Crippen LogP) is 3.02. The third kappa shape index (κ3) is 3.46. The number of unbranched alkanes of at least 4 members (excludes halogenated alkanes) is 1. The van der Waals surface area contributed by atoms with Gasteiger partial charge in [-0.3, -0.25) is 4.79 Å². The number of benzene rings is 1. The van der Waals surface area contributed by atoms with E-state index in [-0.39, 0.29) is 11.3 Å². The fraction of sp³-hybridized carbons (Fsp3) is 0.316. The number of H-pyrrole nitrogens is 1. The molecule has 28 heavy (non-hydrogen) atoms. The van der Waals surface area contributed by atoms with Crippen LogP contribution >= 0.6 is 22.6 Å². The molecule has 0 saturated carbocycles. The van der Waals surface area contributed by atoms with Gasteiger partial charge in [0.15, 0.2) is 17.2 Å². The molecule has 0 saturated heterocycles. The molecule has 0 atom stereocenters.